The molecule has 0 aromatic heterocycles. The van der Waals surface area contributed by atoms with Gasteiger partial charge in [-0.05, 0) is 42.0 Å². The summed E-state index contributed by atoms with van der Waals surface area (Å²) in [4.78, 5) is 28.1. The lowest BCUT2D eigenvalue weighted by Gasteiger charge is -2.33. The van der Waals surface area contributed by atoms with Crippen LogP contribution in [0.2, 0.25) is 10.0 Å². The molecule has 2 amide bonds. The number of halogens is 3. The van der Waals surface area contributed by atoms with E-state index in [1.165, 1.54) is 24.1 Å². The molecule has 196 valence electrons. The number of benzene rings is 3. The van der Waals surface area contributed by atoms with Crippen molar-refractivity contribution < 1.29 is 22.4 Å². The molecule has 3 aromatic carbocycles. The molecule has 0 unspecified atom stereocenters. The smallest absolute Gasteiger partial charge is 0.244 e. The first kappa shape index (κ1) is 28.4. The van der Waals surface area contributed by atoms with Crippen LogP contribution in [-0.2, 0) is 32.6 Å². The molecule has 11 heteroatoms. The predicted octanol–water partition coefficient (Wildman–Crippen LogP) is 4.28. The summed E-state index contributed by atoms with van der Waals surface area (Å²) in [6, 6.07) is 17.7. The molecule has 0 aliphatic carbocycles. The molecule has 0 radical (unpaired) electrons. The van der Waals surface area contributed by atoms with Crippen molar-refractivity contribution in [2.45, 2.75) is 19.0 Å². The van der Waals surface area contributed by atoms with Crippen LogP contribution in [0.1, 0.15) is 11.1 Å². The van der Waals surface area contributed by atoms with Crippen LogP contribution < -0.4 is 9.62 Å². The van der Waals surface area contributed by atoms with Gasteiger partial charge in [0.1, 0.15) is 18.4 Å². The highest BCUT2D eigenvalue weighted by Gasteiger charge is 2.33. The Morgan fingerprint density at radius 1 is 0.946 bits per heavy atom. The third-order valence-corrected chi connectivity index (χ3v) is 7.55. The first-order chi connectivity index (χ1) is 17.5. The number of hydrogen-bond donors (Lipinski definition) is 1. The lowest BCUT2D eigenvalue weighted by Crippen LogP contribution is -2.53. The number of nitrogens with one attached hydrogen (secondary N) is 1. The molecule has 0 aliphatic heterocycles. The number of hydrogen-bond acceptors (Lipinski definition) is 4. The summed E-state index contributed by atoms with van der Waals surface area (Å²) in [6.45, 7) is -0.780. The Morgan fingerprint density at radius 2 is 1.54 bits per heavy atom. The second kappa shape index (κ2) is 12.4. The van der Waals surface area contributed by atoms with E-state index >= 15 is 0 Å². The van der Waals surface area contributed by atoms with Gasteiger partial charge in [0.25, 0.3) is 0 Å². The van der Waals surface area contributed by atoms with E-state index in [1.807, 2.05) is 30.3 Å². The Bertz CT molecular complexity index is 1340. The molecule has 0 bridgehead atoms. The summed E-state index contributed by atoms with van der Waals surface area (Å²) in [7, 11) is -2.50. The minimum atomic E-state index is -3.95. The van der Waals surface area contributed by atoms with Gasteiger partial charge in [0.05, 0.1) is 11.9 Å². The van der Waals surface area contributed by atoms with Gasteiger partial charge in [0, 0.05) is 35.6 Å². The summed E-state index contributed by atoms with van der Waals surface area (Å²) < 4.78 is 39.6. The topological polar surface area (TPSA) is 86.8 Å². The fourth-order valence-electron chi connectivity index (χ4n) is 3.80. The molecule has 0 saturated heterocycles. The van der Waals surface area contributed by atoms with Gasteiger partial charge in [0.2, 0.25) is 21.8 Å². The van der Waals surface area contributed by atoms with Gasteiger partial charge in [-0.2, -0.15) is 0 Å². The second-order valence-electron chi connectivity index (χ2n) is 8.29. The van der Waals surface area contributed by atoms with Crippen molar-refractivity contribution in [3.63, 3.8) is 0 Å². The average molecular weight is 566 g/mol. The molecule has 3 aromatic rings. The van der Waals surface area contributed by atoms with Crippen LogP contribution in [-0.4, -0.2) is 51.0 Å². The van der Waals surface area contributed by atoms with E-state index in [9.17, 15) is 22.4 Å². The lowest BCUT2D eigenvalue weighted by molar-refractivity contribution is -0.139. The first-order valence-electron chi connectivity index (χ1n) is 11.2. The van der Waals surface area contributed by atoms with Crippen molar-refractivity contribution in [1.82, 2.24) is 10.2 Å². The molecule has 1 atom stereocenters. The maximum absolute atomic E-state index is 13.8. The summed E-state index contributed by atoms with van der Waals surface area (Å²) in [5, 5.41) is 3.17. The van der Waals surface area contributed by atoms with Crippen LogP contribution in [0.3, 0.4) is 0 Å². The highest BCUT2D eigenvalue weighted by molar-refractivity contribution is 7.92. The SMILES string of the molecule is CNC(=O)[C@@H](Cc1ccccc1)N(Cc1c(Cl)cccc1Cl)C(=O)CN(c1ccc(F)cc1)S(C)(=O)=O. The minimum Gasteiger partial charge on any atom is -0.357 e. The molecule has 0 spiro atoms. The number of nitrogens with zero attached hydrogens (tertiary/aromatic N) is 2. The van der Waals surface area contributed by atoms with E-state index in [0.29, 0.717) is 15.6 Å². The number of likely N-dealkylation sites (N-methyl/N-ethyl adjacent to an activating group) is 1. The molecule has 0 saturated carbocycles. The quantitative estimate of drug-likeness (QED) is 0.397. The number of carbonyl (C=O) groups excluding carboxylic acids is 2. The normalized spacial score (nSPS) is 12.0. The average Bonchev–Trinajstić information content (AvgIpc) is 2.86. The largest absolute Gasteiger partial charge is 0.357 e. The maximum Gasteiger partial charge on any atom is 0.244 e. The zero-order valence-corrected chi connectivity index (χ0v) is 22.5. The Morgan fingerprint density at radius 3 is 2.08 bits per heavy atom. The number of anilines is 1. The monoisotopic (exact) mass is 565 g/mol. The Kier molecular flexibility index (Phi) is 9.53. The van der Waals surface area contributed by atoms with Crippen LogP contribution in [0.5, 0.6) is 0 Å². The van der Waals surface area contributed by atoms with E-state index in [2.05, 4.69) is 5.32 Å². The molecule has 37 heavy (non-hydrogen) atoms. The van der Waals surface area contributed by atoms with Crippen LogP contribution in [0, 0.1) is 5.82 Å². The third kappa shape index (κ3) is 7.44. The van der Waals surface area contributed by atoms with Crippen LogP contribution in [0.15, 0.2) is 72.8 Å². The highest BCUT2D eigenvalue weighted by atomic mass is 35.5. The molecule has 3 rings (SSSR count). The predicted molar refractivity (Wildman–Crippen MR) is 144 cm³/mol. The van der Waals surface area contributed by atoms with Crippen molar-refractivity contribution in [2.24, 2.45) is 0 Å². The Labute approximate surface area is 225 Å². The summed E-state index contributed by atoms with van der Waals surface area (Å²) in [5.41, 5.74) is 1.30. The summed E-state index contributed by atoms with van der Waals surface area (Å²) in [5.74, 6) is -1.68. The van der Waals surface area contributed by atoms with Gasteiger partial charge in [-0.1, -0.05) is 59.6 Å². The van der Waals surface area contributed by atoms with Gasteiger partial charge in [-0.25, -0.2) is 12.8 Å². The number of sulfonamides is 1. The molecule has 7 nitrogen and oxygen atoms in total. The summed E-state index contributed by atoms with van der Waals surface area (Å²) >= 11 is 12.8. The molecule has 0 aliphatic rings. The maximum atomic E-state index is 13.8. The number of carbonyl (C=O) groups is 2. The number of rotatable bonds is 10. The summed E-state index contributed by atoms with van der Waals surface area (Å²) in [6.07, 6.45) is 1.10. The van der Waals surface area contributed by atoms with Crippen LogP contribution in [0.4, 0.5) is 10.1 Å². The molecular weight excluding hydrogens is 540 g/mol. The standard InChI is InChI=1S/C26H26Cl2FN3O4S/c1-30-26(34)24(15-18-7-4-3-5-8-18)31(16-21-22(27)9-6-10-23(21)28)25(33)17-32(37(2,35)36)20-13-11-19(29)12-14-20/h3-14,24H,15-17H2,1-2H3,(H,30,34)/t24-/m1/s1. The Hall–Kier alpha value is -3.14. The highest BCUT2D eigenvalue weighted by Crippen LogP contribution is 2.28. The van der Waals surface area contributed by atoms with Crippen molar-refractivity contribution >= 4 is 50.7 Å². The van der Waals surface area contributed by atoms with Crippen molar-refractivity contribution in [3.05, 3.63) is 99.8 Å². The van der Waals surface area contributed by atoms with Gasteiger partial charge in [-0.3, -0.25) is 13.9 Å². The van der Waals surface area contributed by atoms with E-state index in [-0.39, 0.29) is 18.7 Å². The lowest BCUT2D eigenvalue weighted by atomic mass is 10.0. The fourth-order valence-corrected chi connectivity index (χ4v) is 5.16. The van der Waals surface area contributed by atoms with Gasteiger partial charge in [-0.15, -0.1) is 0 Å². The number of amides is 2. The molecule has 0 heterocycles. The molecule has 0 fully saturated rings. The molecule has 1 N–H and O–H groups in total. The minimum absolute atomic E-state index is 0.104. The van der Waals surface area contributed by atoms with E-state index in [1.54, 1.807) is 18.2 Å². The zero-order valence-electron chi connectivity index (χ0n) is 20.2. The van der Waals surface area contributed by atoms with E-state index < -0.39 is 40.2 Å². The van der Waals surface area contributed by atoms with Gasteiger partial charge < -0.3 is 10.2 Å². The van der Waals surface area contributed by atoms with Crippen molar-refractivity contribution in [1.29, 1.82) is 0 Å². The Balaban J connectivity index is 2.06. The van der Waals surface area contributed by atoms with Crippen molar-refractivity contribution in [3.8, 4) is 0 Å². The van der Waals surface area contributed by atoms with Crippen molar-refractivity contribution in [2.75, 3.05) is 24.2 Å². The van der Waals surface area contributed by atoms with Gasteiger partial charge >= 0.3 is 0 Å². The van der Waals surface area contributed by atoms with E-state index in [0.717, 1.165) is 28.3 Å². The van der Waals surface area contributed by atoms with Crippen LogP contribution in [0.25, 0.3) is 0 Å². The van der Waals surface area contributed by atoms with E-state index in [4.69, 9.17) is 23.2 Å². The second-order valence-corrected chi connectivity index (χ2v) is 11.0. The van der Waals surface area contributed by atoms with Gasteiger partial charge in [0.15, 0.2) is 0 Å². The molecular formula is C26H26Cl2FN3O4S. The first-order valence-corrected chi connectivity index (χ1v) is 13.8. The van der Waals surface area contributed by atoms with Crippen LogP contribution >= 0.6 is 23.2 Å². The fraction of sp³-hybridized carbons (Fsp3) is 0.231. The third-order valence-electron chi connectivity index (χ3n) is 5.70. The zero-order chi connectivity index (χ0) is 27.2.